The molecule has 2 rings (SSSR count). The minimum Gasteiger partial charge on any atom is -0.289 e. The van der Waals surface area contributed by atoms with Crippen molar-refractivity contribution in [2.45, 2.75) is 24.7 Å². The van der Waals surface area contributed by atoms with E-state index in [9.17, 15) is 13.2 Å². The first-order valence-electron chi connectivity index (χ1n) is 7.02. The van der Waals surface area contributed by atoms with E-state index in [1.165, 1.54) is 12.1 Å². The third-order valence-corrected chi connectivity index (χ3v) is 4.66. The van der Waals surface area contributed by atoms with Gasteiger partial charge in [-0.25, -0.2) is 13.9 Å². The van der Waals surface area contributed by atoms with Crippen LogP contribution in [0.2, 0.25) is 0 Å². The lowest BCUT2D eigenvalue weighted by Crippen LogP contribution is -2.18. The molecule has 122 valence electrons. The Morgan fingerprint density at radius 1 is 1.13 bits per heavy atom. The zero-order valence-electron chi connectivity index (χ0n) is 12.6. The second-order valence-electron chi connectivity index (χ2n) is 5.15. The summed E-state index contributed by atoms with van der Waals surface area (Å²) in [6, 6.07) is 13.4. The first kappa shape index (κ1) is 17.0. The second kappa shape index (κ2) is 7.26. The van der Waals surface area contributed by atoms with Crippen molar-refractivity contribution in [1.82, 2.24) is 5.48 Å². The number of aryl methyl sites for hydroxylation is 2. The molecule has 2 aromatic rings. The van der Waals surface area contributed by atoms with Gasteiger partial charge in [0.1, 0.15) is 0 Å². The maximum Gasteiger partial charge on any atom is 0.261 e. The van der Waals surface area contributed by atoms with Gasteiger partial charge in [0.2, 0.25) is 5.91 Å². The molecule has 3 N–H and O–H groups in total. The van der Waals surface area contributed by atoms with E-state index in [1.807, 2.05) is 19.1 Å². The van der Waals surface area contributed by atoms with Crippen LogP contribution >= 0.6 is 0 Å². The van der Waals surface area contributed by atoms with Gasteiger partial charge in [-0.15, -0.1) is 0 Å². The average molecular weight is 334 g/mol. The highest BCUT2D eigenvalue weighted by molar-refractivity contribution is 7.92. The molecule has 0 aromatic heterocycles. The topological polar surface area (TPSA) is 95.5 Å². The van der Waals surface area contributed by atoms with E-state index in [-0.39, 0.29) is 11.3 Å². The zero-order chi connectivity index (χ0) is 16.9. The Hall–Kier alpha value is -2.38. The lowest BCUT2D eigenvalue weighted by atomic mass is 10.1. The zero-order valence-corrected chi connectivity index (χ0v) is 13.4. The predicted octanol–water partition coefficient (Wildman–Crippen LogP) is 2.23. The molecule has 0 radical (unpaired) electrons. The molecule has 0 heterocycles. The van der Waals surface area contributed by atoms with Gasteiger partial charge in [0, 0.05) is 12.1 Å². The maximum atomic E-state index is 12.4. The fraction of sp³-hybridized carbons (Fsp3) is 0.188. The van der Waals surface area contributed by atoms with Gasteiger partial charge in [-0.2, -0.15) is 0 Å². The van der Waals surface area contributed by atoms with E-state index < -0.39 is 15.9 Å². The smallest absolute Gasteiger partial charge is 0.261 e. The molecule has 0 saturated heterocycles. The molecule has 23 heavy (non-hydrogen) atoms. The van der Waals surface area contributed by atoms with Crippen LogP contribution in [0.25, 0.3) is 0 Å². The molecule has 6 nitrogen and oxygen atoms in total. The summed E-state index contributed by atoms with van der Waals surface area (Å²) >= 11 is 0. The lowest BCUT2D eigenvalue weighted by Gasteiger charge is -2.09. The molecule has 0 saturated carbocycles. The van der Waals surface area contributed by atoms with Crippen LogP contribution in [0, 0.1) is 6.92 Å². The quantitative estimate of drug-likeness (QED) is 0.557. The highest BCUT2D eigenvalue weighted by atomic mass is 32.2. The fourth-order valence-electron chi connectivity index (χ4n) is 2.02. The SMILES string of the molecule is Cc1ccc(NS(=O)(=O)c2cccc(CCC(=O)NO)c2)cc1. The van der Waals surface area contributed by atoms with E-state index >= 15 is 0 Å². The number of benzene rings is 2. The van der Waals surface area contributed by atoms with Crippen molar-refractivity contribution in [3.05, 3.63) is 59.7 Å². The van der Waals surface area contributed by atoms with Crippen molar-refractivity contribution in [3.8, 4) is 0 Å². The fourth-order valence-corrected chi connectivity index (χ4v) is 3.15. The summed E-state index contributed by atoms with van der Waals surface area (Å²) in [7, 11) is -3.69. The first-order valence-corrected chi connectivity index (χ1v) is 8.50. The number of rotatable bonds is 6. The van der Waals surface area contributed by atoms with E-state index in [2.05, 4.69) is 4.72 Å². The molecule has 0 atom stereocenters. The number of anilines is 1. The summed E-state index contributed by atoms with van der Waals surface area (Å²) in [6.45, 7) is 1.92. The Kier molecular flexibility index (Phi) is 5.36. The van der Waals surface area contributed by atoms with Crippen LogP contribution in [0.1, 0.15) is 17.5 Å². The van der Waals surface area contributed by atoms with Crippen LogP contribution in [0.5, 0.6) is 0 Å². The molecule has 1 amide bonds. The molecule has 0 aliphatic rings. The van der Waals surface area contributed by atoms with E-state index in [0.29, 0.717) is 17.7 Å². The molecule has 0 bridgehead atoms. The van der Waals surface area contributed by atoms with E-state index in [1.54, 1.807) is 29.7 Å². The van der Waals surface area contributed by atoms with Crippen LogP contribution in [0.4, 0.5) is 5.69 Å². The summed E-state index contributed by atoms with van der Waals surface area (Å²) in [5.74, 6) is -0.518. The number of amides is 1. The molecule has 0 spiro atoms. The molecule has 0 aliphatic carbocycles. The van der Waals surface area contributed by atoms with Crippen LogP contribution in [0.15, 0.2) is 53.4 Å². The van der Waals surface area contributed by atoms with Crippen LogP contribution in [-0.4, -0.2) is 19.5 Å². The van der Waals surface area contributed by atoms with Gasteiger partial charge in [-0.1, -0.05) is 29.8 Å². The van der Waals surface area contributed by atoms with Gasteiger partial charge in [0.25, 0.3) is 10.0 Å². The number of sulfonamides is 1. The van der Waals surface area contributed by atoms with Gasteiger partial charge >= 0.3 is 0 Å². The molecular formula is C16H18N2O4S. The lowest BCUT2D eigenvalue weighted by molar-refractivity contribution is -0.129. The molecular weight excluding hydrogens is 316 g/mol. The standard InChI is InChI=1S/C16H18N2O4S/c1-12-5-8-14(9-6-12)18-23(21,22)15-4-2-3-13(11-15)7-10-16(19)17-20/h2-6,8-9,11,18,20H,7,10H2,1H3,(H,17,19). The molecule has 0 aliphatic heterocycles. The maximum absolute atomic E-state index is 12.4. The van der Waals surface area contributed by atoms with Crippen molar-refractivity contribution in [2.24, 2.45) is 0 Å². The number of carbonyl (C=O) groups is 1. The highest BCUT2D eigenvalue weighted by Gasteiger charge is 2.14. The predicted molar refractivity (Wildman–Crippen MR) is 86.7 cm³/mol. The van der Waals surface area contributed by atoms with E-state index in [0.717, 1.165) is 5.56 Å². The summed E-state index contributed by atoms with van der Waals surface area (Å²) in [5, 5.41) is 8.47. The van der Waals surface area contributed by atoms with Gasteiger partial charge < -0.3 is 0 Å². The molecule has 2 aromatic carbocycles. The van der Waals surface area contributed by atoms with E-state index in [4.69, 9.17) is 5.21 Å². The molecule has 0 fully saturated rings. The van der Waals surface area contributed by atoms with Gasteiger partial charge in [0.05, 0.1) is 4.90 Å². The van der Waals surface area contributed by atoms with Crippen molar-refractivity contribution in [1.29, 1.82) is 0 Å². The molecule has 0 unspecified atom stereocenters. The van der Waals surface area contributed by atoms with Crippen LogP contribution < -0.4 is 10.2 Å². The van der Waals surface area contributed by atoms with Crippen molar-refractivity contribution < 1.29 is 18.4 Å². The highest BCUT2D eigenvalue weighted by Crippen LogP contribution is 2.18. The number of hydrogen-bond donors (Lipinski definition) is 3. The summed E-state index contributed by atoms with van der Waals surface area (Å²) in [5.41, 5.74) is 3.77. The van der Waals surface area contributed by atoms with Crippen LogP contribution in [0.3, 0.4) is 0 Å². The molecule has 7 heteroatoms. The first-order chi connectivity index (χ1) is 10.9. The third kappa shape index (κ3) is 4.80. The Bertz CT molecular complexity index is 786. The van der Waals surface area contributed by atoms with Crippen molar-refractivity contribution >= 4 is 21.6 Å². The normalized spacial score (nSPS) is 11.0. The Labute approximate surface area is 135 Å². The minimum absolute atomic E-state index is 0.0748. The minimum atomic E-state index is -3.69. The number of hydrogen-bond acceptors (Lipinski definition) is 4. The van der Waals surface area contributed by atoms with Crippen molar-refractivity contribution in [2.75, 3.05) is 4.72 Å². The van der Waals surface area contributed by atoms with Gasteiger partial charge in [0.15, 0.2) is 0 Å². The Balaban J connectivity index is 2.16. The third-order valence-electron chi connectivity index (χ3n) is 3.28. The Morgan fingerprint density at radius 3 is 2.48 bits per heavy atom. The van der Waals surface area contributed by atoms with Gasteiger partial charge in [-0.05, 0) is 43.2 Å². The largest absolute Gasteiger partial charge is 0.289 e. The van der Waals surface area contributed by atoms with Gasteiger partial charge in [-0.3, -0.25) is 14.7 Å². The number of carbonyl (C=O) groups excluding carboxylic acids is 1. The Morgan fingerprint density at radius 2 is 1.83 bits per heavy atom. The van der Waals surface area contributed by atoms with Crippen LogP contribution in [-0.2, 0) is 21.2 Å². The summed E-state index contributed by atoms with van der Waals surface area (Å²) in [6.07, 6.45) is 0.408. The monoisotopic (exact) mass is 334 g/mol. The average Bonchev–Trinajstić information content (AvgIpc) is 2.55. The second-order valence-corrected chi connectivity index (χ2v) is 6.84. The summed E-state index contributed by atoms with van der Waals surface area (Å²) in [4.78, 5) is 11.2. The van der Waals surface area contributed by atoms with Crippen molar-refractivity contribution in [3.63, 3.8) is 0 Å². The number of nitrogens with one attached hydrogen (secondary N) is 2. The number of hydroxylamine groups is 1. The summed E-state index contributed by atoms with van der Waals surface area (Å²) < 4.78 is 27.3.